The van der Waals surface area contributed by atoms with E-state index in [9.17, 15) is 4.79 Å². The van der Waals surface area contributed by atoms with E-state index in [1.807, 2.05) is 4.90 Å². The van der Waals surface area contributed by atoms with Gasteiger partial charge in [-0.05, 0) is 94.5 Å². The molecule has 6 rings (SSSR count). The van der Waals surface area contributed by atoms with Crippen molar-refractivity contribution in [1.82, 2.24) is 14.9 Å². The zero-order valence-corrected chi connectivity index (χ0v) is 21.6. The van der Waals surface area contributed by atoms with Gasteiger partial charge in [0.15, 0.2) is 0 Å². The van der Waals surface area contributed by atoms with Crippen molar-refractivity contribution in [2.75, 3.05) is 25.1 Å². The summed E-state index contributed by atoms with van der Waals surface area (Å²) in [6.45, 7) is 4.43. The SMILES string of the molecule is COC(=O)N1c2ccc3c(nc(Cc4ccccc4)n3C3CCC4(CCNCC4)CC3)c2CC[C@@H]1C. The van der Waals surface area contributed by atoms with Crippen LogP contribution in [0.25, 0.3) is 11.0 Å². The minimum Gasteiger partial charge on any atom is -0.452 e. The fourth-order valence-corrected chi connectivity index (χ4v) is 7.06. The van der Waals surface area contributed by atoms with Crippen molar-refractivity contribution in [3.05, 3.63) is 59.4 Å². The highest BCUT2D eigenvalue weighted by Crippen LogP contribution is 2.48. The van der Waals surface area contributed by atoms with Crippen molar-refractivity contribution in [1.29, 1.82) is 0 Å². The van der Waals surface area contributed by atoms with Gasteiger partial charge >= 0.3 is 6.09 Å². The number of ether oxygens (including phenoxy) is 1. The molecule has 2 aromatic carbocycles. The summed E-state index contributed by atoms with van der Waals surface area (Å²) in [6.07, 6.45) is 10.1. The van der Waals surface area contributed by atoms with Crippen molar-refractivity contribution in [2.24, 2.45) is 5.41 Å². The highest BCUT2D eigenvalue weighted by molar-refractivity contribution is 5.95. The van der Waals surface area contributed by atoms with E-state index in [2.05, 4.69) is 59.3 Å². The summed E-state index contributed by atoms with van der Waals surface area (Å²) in [5, 5.41) is 3.55. The van der Waals surface area contributed by atoms with Gasteiger partial charge in [0.05, 0.1) is 23.8 Å². The number of nitrogens with zero attached hydrogens (tertiary/aromatic N) is 3. The van der Waals surface area contributed by atoms with Crippen LogP contribution < -0.4 is 10.2 Å². The highest BCUT2D eigenvalue weighted by Gasteiger charge is 2.38. The van der Waals surface area contributed by atoms with E-state index in [0.29, 0.717) is 11.5 Å². The van der Waals surface area contributed by atoms with Crippen LogP contribution >= 0.6 is 0 Å². The summed E-state index contributed by atoms with van der Waals surface area (Å²) in [4.78, 5) is 19.8. The van der Waals surface area contributed by atoms with Gasteiger partial charge in [0.2, 0.25) is 0 Å². The molecule has 0 radical (unpaired) electrons. The summed E-state index contributed by atoms with van der Waals surface area (Å²) < 4.78 is 7.71. The molecule has 1 N–H and O–H groups in total. The number of piperidine rings is 1. The minimum absolute atomic E-state index is 0.118. The predicted octanol–water partition coefficient (Wildman–Crippen LogP) is 6.02. The molecule has 6 heteroatoms. The zero-order valence-electron chi connectivity index (χ0n) is 21.6. The first-order valence-electron chi connectivity index (χ1n) is 13.7. The number of aryl methyl sites for hydroxylation is 1. The fourth-order valence-electron chi connectivity index (χ4n) is 7.06. The second-order valence-corrected chi connectivity index (χ2v) is 11.2. The van der Waals surface area contributed by atoms with Crippen molar-refractivity contribution >= 4 is 22.8 Å². The van der Waals surface area contributed by atoms with Crippen LogP contribution in [0.3, 0.4) is 0 Å². The van der Waals surface area contributed by atoms with Gasteiger partial charge in [0.1, 0.15) is 5.82 Å². The Morgan fingerprint density at radius 3 is 2.53 bits per heavy atom. The molecule has 0 bridgehead atoms. The molecule has 3 aliphatic rings. The normalized spacial score (nSPS) is 22.1. The molecule has 2 fully saturated rings. The average molecular weight is 487 g/mol. The van der Waals surface area contributed by atoms with Gasteiger partial charge in [0, 0.05) is 24.1 Å². The maximum absolute atomic E-state index is 12.7. The van der Waals surface area contributed by atoms with Gasteiger partial charge in [-0.2, -0.15) is 0 Å². The third-order valence-electron chi connectivity index (χ3n) is 9.15. The lowest BCUT2D eigenvalue weighted by Crippen LogP contribution is -2.42. The number of nitrogens with one attached hydrogen (secondary N) is 1. The Hall–Kier alpha value is -2.86. The smallest absolute Gasteiger partial charge is 0.414 e. The van der Waals surface area contributed by atoms with Crippen molar-refractivity contribution < 1.29 is 9.53 Å². The molecular weight excluding hydrogens is 448 g/mol. The van der Waals surface area contributed by atoms with Gasteiger partial charge in [0.25, 0.3) is 0 Å². The monoisotopic (exact) mass is 486 g/mol. The molecule has 1 aliphatic carbocycles. The summed E-state index contributed by atoms with van der Waals surface area (Å²) in [5.41, 5.74) is 6.27. The lowest BCUT2D eigenvalue weighted by Gasteiger charge is -2.43. The molecule has 0 unspecified atom stereocenters. The van der Waals surface area contributed by atoms with Gasteiger partial charge in [-0.1, -0.05) is 30.3 Å². The van der Waals surface area contributed by atoms with Crippen LogP contribution in [0.2, 0.25) is 0 Å². The molecule has 190 valence electrons. The van der Waals surface area contributed by atoms with E-state index in [0.717, 1.165) is 36.3 Å². The number of rotatable bonds is 3. The molecule has 1 aromatic heterocycles. The number of benzene rings is 2. The Morgan fingerprint density at radius 1 is 1.06 bits per heavy atom. The van der Waals surface area contributed by atoms with Crippen LogP contribution in [-0.2, 0) is 17.6 Å². The summed E-state index contributed by atoms with van der Waals surface area (Å²) in [5.74, 6) is 1.15. The lowest BCUT2D eigenvalue weighted by molar-refractivity contribution is 0.108. The van der Waals surface area contributed by atoms with Crippen LogP contribution in [0.1, 0.15) is 74.9 Å². The fraction of sp³-hybridized carbons (Fsp3) is 0.533. The Kier molecular flexibility index (Phi) is 6.24. The third kappa shape index (κ3) is 4.09. The molecule has 6 nitrogen and oxygen atoms in total. The number of hydrogen-bond donors (Lipinski definition) is 1. The molecule has 1 spiro atoms. The van der Waals surface area contributed by atoms with Crippen LogP contribution in [0, 0.1) is 5.41 Å². The molecule has 1 atom stereocenters. The maximum atomic E-state index is 12.7. The second kappa shape index (κ2) is 9.55. The predicted molar refractivity (Wildman–Crippen MR) is 144 cm³/mol. The first-order chi connectivity index (χ1) is 17.6. The van der Waals surface area contributed by atoms with E-state index < -0.39 is 0 Å². The largest absolute Gasteiger partial charge is 0.452 e. The third-order valence-corrected chi connectivity index (χ3v) is 9.15. The Labute approximate surface area is 214 Å². The first kappa shape index (κ1) is 23.5. The number of imidazole rings is 1. The van der Waals surface area contributed by atoms with Crippen LogP contribution in [0.4, 0.5) is 10.5 Å². The Balaban J connectivity index is 1.42. The molecule has 1 saturated heterocycles. The average Bonchev–Trinajstić information content (AvgIpc) is 3.27. The van der Waals surface area contributed by atoms with Crippen LogP contribution in [0.5, 0.6) is 0 Å². The van der Waals surface area contributed by atoms with Crippen molar-refractivity contribution in [2.45, 2.75) is 76.8 Å². The van der Waals surface area contributed by atoms with E-state index in [-0.39, 0.29) is 12.1 Å². The lowest BCUT2D eigenvalue weighted by atomic mass is 9.67. The summed E-state index contributed by atoms with van der Waals surface area (Å²) >= 11 is 0. The molecule has 3 heterocycles. The van der Waals surface area contributed by atoms with Gasteiger partial charge in [-0.15, -0.1) is 0 Å². The maximum Gasteiger partial charge on any atom is 0.414 e. The number of anilines is 1. The van der Waals surface area contributed by atoms with Crippen LogP contribution in [0.15, 0.2) is 42.5 Å². The Bertz CT molecular complexity index is 1230. The number of methoxy groups -OCH3 is 1. The number of carbonyl (C=O) groups is 1. The minimum atomic E-state index is -0.286. The first-order valence-corrected chi connectivity index (χ1v) is 13.7. The quantitative estimate of drug-likeness (QED) is 0.492. The standard InChI is InChI=1S/C30H38N4O2/c1-21-8-9-24-25(33(21)29(35)36-2)10-11-26-28(24)32-27(20-22-6-4-3-5-7-22)34(26)23-12-14-30(15-13-23)16-18-31-19-17-30/h3-7,10-11,21,23,31H,8-9,12-20H2,1-2H3/t21-/m0/s1. The number of carbonyl (C=O) groups excluding carboxylic acids is 1. The Morgan fingerprint density at radius 2 is 1.81 bits per heavy atom. The molecular formula is C30H38N4O2. The number of amides is 1. The van der Waals surface area contributed by atoms with Gasteiger partial charge < -0.3 is 14.6 Å². The van der Waals surface area contributed by atoms with Crippen molar-refractivity contribution in [3.8, 4) is 0 Å². The van der Waals surface area contributed by atoms with Crippen LogP contribution in [-0.4, -0.2) is 41.9 Å². The van der Waals surface area contributed by atoms with Gasteiger partial charge in [-0.3, -0.25) is 4.90 Å². The highest BCUT2D eigenvalue weighted by atomic mass is 16.5. The summed E-state index contributed by atoms with van der Waals surface area (Å²) in [7, 11) is 1.47. The van der Waals surface area contributed by atoms with E-state index in [4.69, 9.17) is 9.72 Å². The zero-order chi connectivity index (χ0) is 24.7. The van der Waals surface area contributed by atoms with E-state index in [1.165, 1.54) is 75.4 Å². The molecule has 3 aromatic rings. The van der Waals surface area contributed by atoms with E-state index >= 15 is 0 Å². The van der Waals surface area contributed by atoms with Crippen molar-refractivity contribution in [3.63, 3.8) is 0 Å². The number of fused-ring (bicyclic) bond motifs is 3. The molecule has 1 saturated carbocycles. The number of hydrogen-bond acceptors (Lipinski definition) is 4. The van der Waals surface area contributed by atoms with E-state index in [1.54, 1.807) is 0 Å². The molecule has 1 amide bonds. The molecule has 2 aliphatic heterocycles. The van der Waals surface area contributed by atoms with Gasteiger partial charge in [-0.25, -0.2) is 9.78 Å². The molecule has 36 heavy (non-hydrogen) atoms. The topological polar surface area (TPSA) is 59.4 Å². The number of aromatic nitrogens is 2. The second-order valence-electron chi connectivity index (χ2n) is 11.2. The summed E-state index contributed by atoms with van der Waals surface area (Å²) in [6, 6.07) is 15.6.